The van der Waals surface area contributed by atoms with Crippen molar-refractivity contribution in [2.24, 2.45) is 10.6 Å². The van der Waals surface area contributed by atoms with Gasteiger partial charge in [-0.1, -0.05) is 25.9 Å². The lowest BCUT2D eigenvalue weighted by Gasteiger charge is -2.24. The van der Waals surface area contributed by atoms with Gasteiger partial charge in [0.25, 0.3) is 0 Å². The summed E-state index contributed by atoms with van der Waals surface area (Å²) in [5, 5.41) is 4.17. The highest BCUT2D eigenvalue weighted by molar-refractivity contribution is 6.01. The zero-order valence-electron chi connectivity index (χ0n) is 14.6. The predicted molar refractivity (Wildman–Crippen MR) is 90.7 cm³/mol. The van der Waals surface area contributed by atoms with E-state index in [0.29, 0.717) is 19.4 Å². The largest absolute Gasteiger partial charge is 0.497 e. The number of carbonyl (C=O) groups excluding carboxylic acids is 1. The lowest BCUT2D eigenvalue weighted by Crippen LogP contribution is -2.36. The molecule has 0 spiro atoms. The summed E-state index contributed by atoms with van der Waals surface area (Å²) in [6.07, 6.45) is 1.16. The summed E-state index contributed by atoms with van der Waals surface area (Å²) in [6.45, 7) is 6.75. The van der Waals surface area contributed by atoms with Crippen LogP contribution in [-0.2, 0) is 9.63 Å². The number of oxime groups is 1. The van der Waals surface area contributed by atoms with E-state index in [-0.39, 0.29) is 17.4 Å². The van der Waals surface area contributed by atoms with Crippen molar-refractivity contribution in [1.82, 2.24) is 4.90 Å². The van der Waals surface area contributed by atoms with Crippen molar-refractivity contribution in [1.29, 1.82) is 0 Å². The minimum Gasteiger partial charge on any atom is -0.497 e. The van der Waals surface area contributed by atoms with Gasteiger partial charge < -0.3 is 14.5 Å². The molecular weight excluding hydrogens is 292 g/mol. The molecule has 0 aliphatic carbocycles. The third-order valence-corrected chi connectivity index (χ3v) is 3.74. The molecule has 1 amide bonds. The molecule has 0 aromatic heterocycles. The zero-order chi connectivity index (χ0) is 17.0. The number of benzene rings is 1. The summed E-state index contributed by atoms with van der Waals surface area (Å²) in [5.41, 5.74) is 1.93. The fourth-order valence-electron chi connectivity index (χ4n) is 2.48. The Labute approximate surface area is 138 Å². The Morgan fingerprint density at radius 3 is 2.57 bits per heavy atom. The van der Waals surface area contributed by atoms with Crippen LogP contribution in [0.5, 0.6) is 5.75 Å². The number of nitrogens with zero attached hydrogens (tertiary/aromatic N) is 2. The maximum atomic E-state index is 12.2. The second kappa shape index (κ2) is 7.02. The fraction of sp³-hybridized carbons (Fsp3) is 0.556. The van der Waals surface area contributed by atoms with Crippen LogP contribution in [0.1, 0.15) is 39.2 Å². The first-order valence-electron chi connectivity index (χ1n) is 7.89. The molecule has 126 valence electrons. The second-order valence-corrected chi connectivity index (χ2v) is 7.21. The van der Waals surface area contributed by atoms with Crippen LogP contribution in [0.4, 0.5) is 0 Å². The van der Waals surface area contributed by atoms with E-state index in [4.69, 9.17) is 9.57 Å². The molecular formula is C18H26N2O3. The molecule has 0 saturated carbocycles. The molecule has 1 aliphatic rings. The van der Waals surface area contributed by atoms with Crippen molar-refractivity contribution >= 4 is 11.6 Å². The maximum Gasteiger partial charge on any atom is 0.222 e. The third kappa shape index (κ3) is 4.98. The molecule has 5 heteroatoms. The van der Waals surface area contributed by atoms with E-state index in [1.165, 1.54) is 0 Å². The van der Waals surface area contributed by atoms with Gasteiger partial charge in [0, 0.05) is 19.9 Å². The van der Waals surface area contributed by atoms with E-state index in [1.807, 2.05) is 31.3 Å². The molecule has 0 N–H and O–H groups in total. The van der Waals surface area contributed by atoms with Gasteiger partial charge in [0.1, 0.15) is 5.75 Å². The summed E-state index contributed by atoms with van der Waals surface area (Å²) in [4.78, 5) is 19.4. The van der Waals surface area contributed by atoms with E-state index >= 15 is 0 Å². The van der Waals surface area contributed by atoms with Gasteiger partial charge in [0.05, 0.1) is 19.4 Å². The molecule has 2 rings (SSSR count). The Morgan fingerprint density at radius 1 is 1.35 bits per heavy atom. The monoisotopic (exact) mass is 318 g/mol. The lowest BCUT2D eigenvalue weighted by molar-refractivity contribution is -0.133. The first-order chi connectivity index (χ1) is 10.8. The van der Waals surface area contributed by atoms with E-state index < -0.39 is 0 Å². The Bertz CT molecular complexity index is 573. The molecule has 1 heterocycles. The Morgan fingerprint density at radius 2 is 2.00 bits per heavy atom. The van der Waals surface area contributed by atoms with Gasteiger partial charge in [-0.2, -0.15) is 0 Å². The zero-order valence-corrected chi connectivity index (χ0v) is 14.6. The van der Waals surface area contributed by atoms with Crippen molar-refractivity contribution < 1.29 is 14.4 Å². The first kappa shape index (κ1) is 17.3. The highest BCUT2D eigenvalue weighted by Crippen LogP contribution is 2.22. The van der Waals surface area contributed by atoms with Crippen LogP contribution >= 0.6 is 0 Å². The Balaban J connectivity index is 1.87. The van der Waals surface area contributed by atoms with E-state index in [9.17, 15) is 4.79 Å². The van der Waals surface area contributed by atoms with Crippen LogP contribution in [0, 0.1) is 5.41 Å². The summed E-state index contributed by atoms with van der Waals surface area (Å²) >= 11 is 0. The maximum absolute atomic E-state index is 12.2. The summed E-state index contributed by atoms with van der Waals surface area (Å²) in [5.74, 6) is 0.955. The molecule has 1 aromatic carbocycles. The molecule has 1 atom stereocenters. The molecule has 1 unspecified atom stereocenters. The van der Waals surface area contributed by atoms with Crippen LogP contribution in [0.3, 0.4) is 0 Å². The van der Waals surface area contributed by atoms with E-state index in [1.54, 1.807) is 12.0 Å². The van der Waals surface area contributed by atoms with Crippen molar-refractivity contribution in [3.8, 4) is 5.75 Å². The highest BCUT2D eigenvalue weighted by Gasteiger charge is 2.26. The molecule has 0 fully saturated rings. The van der Waals surface area contributed by atoms with Gasteiger partial charge in [0.2, 0.25) is 5.91 Å². The Hall–Kier alpha value is -2.04. The number of carbonyl (C=O) groups is 1. The minimum atomic E-state index is -0.0824. The summed E-state index contributed by atoms with van der Waals surface area (Å²) in [7, 11) is 3.47. The predicted octanol–water partition coefficient (Wildman–Crippen LogP) is 3.08. The SMILES string of the molecule is COc1ccc(C2=NOC(CN(C)C(=O)CC(C)(C)C)C2)cc1. The van der Waals surface area contributed by atoms with Crippen LogP contribution in [0.15, 0.2) is 29.4 Å². The van der Waals surface area contributed by atoms with Crippen molar-refractivity contribution in [3.63, 3.8) is 0 Å². The molecule has 1 aromatic rings. The standard InChI is InChI=1S/C18H26N2O3/c1-18(2,3)11-17(21)20(4)12-15-10-16(19-23-15)13-6-8-14(22-5)9-7-13/h6-9,15H,10-12H2,1-5H3. The molecule has 0 bridgehead atoms. The van der Waals surface area contributed by atoms with E-state index in [2.05, 4.69) is 25.9 Å². The van der Waals surface area contributed by atoms with Gasteiger partial charge in [-0.25, -0.2) is 0 Å². The normalized spacial score (nSPS) is 17.4. The first-order valence-corrected chi connectivity index (χ1v) is 7.89. The van der Waals surface area contributed by atoms with E-state index in [0.717, 1.165) is 17.0 Å². The molecule has 23 heavy (non-hydrogen) atoms. The van der Waals surface area contributed by atoms with Crippen LogP contribution in [-0.4, -0.2) is 43.3 Å². The average Bonchev–Trinajstić information content (AvgIpc) is 2.94. The topological polar surface area (TPSA) is 51.1 Å². The quantitative estimate of drug-likeness (QED) is 0.838. The number of hydrogen-bond donors (Lipinski definition) is 0. The molecule has 5 nitrogen and oxygen atoms in total. The second-order valence-electron chi connectivity index (χ2n) is 7.21. The average molecular weight is 318 g/mol. The number of rotatable bonds is 5. The van der Waals surface area contributed by atoms with Crippen LogP contribution < -0.4 is 4.74 Å². The van der Waals surface area contributed by atoms with Gasteiger partial charge >= 0.3 is 0 Å². The minimum absolute atomic E-state index is 0.00731. The molecule has 1 aliphatic heterocycles. The number of methoxy groups -OCH3 is 1. The number of hydrogen-bond acceptors (Lipinski definition) is 4. The van der Waals surface area contributed by atoms with Gasteiger partial charge in [0.15, 0.2) is 6.10 Å². The summed E-state index contributed by atoms with van der Waals surface area (Å²) in [6, 6.07) is 7.75. The lowest BCUT2D eigenvalue weighted by atomic mass is 9.91. The summed E-state index contributed by atoms with van der Waals surface area (Å²) < 4.78 is 5.16. The Kier molecular flexibility index (Phi) is 5.29. The number of ether oxygens (including phenoxy) is 1. The fourth-order valence-corrected chi connectivity index (χ4v) is 2.48. The number of likely N-dealkylation sites (N-methyl/N-ethyl adjacent to an activating group) is 1. The van der Waals surface area contributed by atoms with Crippen molar-refractivity contribution in [2.75, 3.05) is 20.7 Å². The smallest absolute Gasteiger partial charge is 0.222 e. The third-order valence-electron chi connectivity index (χ3n) is 3.74. The van der Waals surface area contributed by atoms with Crippen LogP contribution in [0.2, 0.25) is 0 Å². The van der Waals surface area contributed by atoms with Crippen LogP contribution in [0.25, 0.3) is 0 Å². The molecule has 0 saturated heterocycles. The van der Waals surface area contributed by atoms with Gasteiger partial charge in [-0.05, 0) is 35.2 Å². The number of amides is 1. The van der Waals surface area contributed by atoms with Gasteiger partial charge in [-0.15, -0.1) is 0 Å². The van der Waals surface area contributed by atoms with Gasteiger partial charge in [-0.3, -0.25) is 4.79 Å². The van der Waals surface area contributed by atoms with Crippen molar-refractivity contribution in [3.05, 3.63) is 29.8 Å². The molecule has 0 radical (unpaired) electrons. The highest BCUT2D eigenvalue weighted by atomic mass is 16.6. The van der Waals surface area contributed by atoms with Crippen molar-refractivity contribution in [2.45, 2.75) is 39.7 Å².